The van der Waals surface area contributed by atoms with Crippen LogP contribution in [-0.4, -0.2) is 27.7 Å². The SMILES string of the molecule is CCc1cccc2c1N=C/C2=C\c1c(O)n(Cc2ccc3c(c2)OCO3)c(=O)[nH]c1=O. The van der Waals surface area contributed by atoms with Crippen LogP contribution in [0.25, 0.3) is 11.6 Å². The Labute approximate surface area is 176 Å². The maximum absolute atomic E-state index is 12.5. The molecule has 2 aliphatic heterocycles. The smallest absolute Gasteiger partial charge is 0.331 e. The van der Waals surface area contributed by atoms with Gasteiger partial charge in [-0.2, -0.15) is 0 Å². The molecular formula is C23H19N3O5. The van der Waals surface area contributed by atoms with Crippen molar-refractivity contribution in [2.45, 2.75) is 19.9 Å². The second-order valence-electron chi connectivity index (χ2n) is 7.30. The van der Waals surface area contributed by atoms with Gasteiger partial charge in [0.25, 0.3) is 5.56 Å². The molecule has 0 amide bonds. The van der Waals surface area contributed by atoms with Crippen LogP contribution in [-0.2, 0) is 13.0 Å². The Bertz CT molecular complexity index is 1380. The van der Waals surface area contributed by atoms with Crippen LogP contribution in [0.15, 0.2) is 51.0 Å². The normalized spacial score (nSPS) is 14.9. The van der Waals surface area contributed by atoms with Gasteiger partial charge in [0.05, 0.1) is 12.2 Å². The van der Waals surface area contributed by atoms with Gasteiger partial charge in [-0.25, -0.2) is 4.79 Å². The molecule has 0 radical (unpaired) electrons. The minimum Gasteiger partial charge on any atom is -0.494 e. The Balaban J connectivity index is 1.56. The summed E-state index contributed by atoms with van der Waals surface area (Å²) in [5, 5.41) is 10.8. The van der Waals surface area contributed by atoms with Gasteiger partial charge in [0.1, 0.15) is 5.56 Å². The topological polar surface area (TPSA) is 106 Å². The fourth-order valence-electron chi connectivity index (χ4n) is 3.81. The number of rotatable bonds is 4. The first-order valence-electron chi connectivity index (χ1n) is 9.87. The zero-order chi connectivity index (χ0) is 21.5. The monoisotopic (exact) mass is 417 g/mol. The first kappa shape index (κ1) is 18.9. The predicted octanol–water partition coefficient (Wildman–Crippen LogP) is 2.84. The van der Waals surface area contributed by atoms with Gasteiger partial charge >= 0.3 is 5.69 Å². The van der Waals surface area contributed by atoms with E-state index in [9.17, 15) is 14.7 Å². The van der Waals surface area contributed by atoms with Crippen molar-refractivity contribution in [3.05, 3.63) is 79.5 Å². The predicted molar refractivity (Wildman–Crippen MR) is 116 cm³/mol. The number of benzene rings is 2. The Kier molecular flexibility index (Phi) is 4.47. The van der Waals surface area contributed by atoms with Crippen LogP contribution in [0.4, 0.5) is 5.69 Å². The highest BCUT2D eigenvalue weighted by Crippen LogP contribution is 2.36. The molecule has 0 bridgehead atoms. The summed E-state index contributed by atoms with van der Waals surface area (Å²) in [6, 6.07) is 11.1. The van der Waals surface area contributed by atoms with Crippen molar-refractivity contribution >= 4 is 23.6 Å². The van der Waals surface area contributed by atoms with Crippen molar-refractivity contribution in [3.8, 4) is 17.4 Å². The van der Waals surface area contributed by atoms with Crippen LogP contribution < -0.4 is 20.7 Å². The molecule has 8 heteroatoms. The van der Waals surface area contributed by atoms with Gasteiger partial charge in [-0.15, -0.1) is 0 Å². The van der Waals surface area contributed by atoms with E-state index in [-0.39, 0.29) is 18.9 Å². The summed E-state index contributed by atoms with van der Waals surface area (Å²) in [4.78, 5) is 31.7. The number of aliphatic imine (C=N–C) groups is 1. The summed E-state index contributed by atoms with van der Waals surface area (Å²) in [5.41, 5.74) is 2.89. The second-order valence-corrected chi connectivity index (χ2v) is 7.30. The molecular weight excluding hydrogens is 398 g/mol. The molecule has 2 aliphatic rings. The van der Waals surface area contributed by atoms with E-state index in [1.54, 1.807) is 30.5 Å². The minimum absolute atomic E-state index is 0.00320. The number of ether oxygens (including phenoxy) is 2. The first-order chi connectivity index (χ1) is 15.0. The zero-order valence-electron chi connectivity index (χ0n) is 16.7. The molecule has 8 nitrogen and oxygen atoms in total. The van der Waals surface area contributed by atoms with Gasteiger partial charge in [-0.1, -0.05) is 31.2 Å². The standard InChI is InChI=1S/C23H19N3O5/c1-2-14-4-3-5-16-15(10-24-20(14)16)9-17-21(27)25-23(29)26(22(17)28)11-13-6-7-18-19(8-13)31-12-30-18/h3-10,28H,2,11-12H2,1H3,(H,25,27,29)/b15-9+. The number of aryl methyl sites for hydroxylation is 1. The summed E-state index contributed by atoms with van der Waals surface area (Å²) in [6.45, 7) is 2.25. The van der Waals surface area contributed by atoms with E-state index in [2.05, 4.69) is 16.9 Å². The molecule has 156 valence electrons. The van der Waals surface area contributed by atoms with E-state index in [0.717, 1.165) is 27.8 Å². The molecule has 0 saturated carbocycles. The summed E-state index contributed by atoms with van der Waals surface area (Å²) in [7, 11) is 0. The molecule has 0 fully saturated rings. The highest BCUT2D eigenvalue weighted by atomic mass is 16.7. The number of hydrogen-bond donors (Lipinski definition) is 2. The zero-order valence-corrected chi connectivity index (χ0v) is 16.7. The fraction of sp³-hybridized carbons (Fsp3) is 0.174. The molecule has 1 aromatic heterocycles. The third kappa shape index (κ3) is 3.22. The number of aromatic hydroxyl groups is 1. The van der Waals surface area contributed by atoms with E-state index in [1.165, 1.54) is 0 Å². The maximum atomic E-state index is 12.5. The van der Waals surface area contributed by atoms with E-state index >= 15 is 0 Å². The highest BCUT2D eigenvalue weighted by Gasteiger charge is 2.19. The number of aromatic nitrogens is 2. The molecule has 0 spiro atoms. The number of para-hydroxylation sites is 1. The van der Waals surface area contributed by atoms with Crippen LogP contribution in [0.1, 0.15) is 29.2 Å². The van der Waals surface area contributed by atoms with Gasteiger partial charge in [0, 0.05) is 17.4 Å². The van der Waals surface area contributed by atoms with Crippen LogP contribution in [0, 0.1) is 0 Å². The number of allylic oxidation sites excluding steroid dienone is 1. The number of aromatic amines is 1. The number of H-pyrrole nitrogens is 1. The van der Waals surface area contributed by atoms with Crippen LogP contribution in [0.5, 0.6) is 17.4 Å². The van der Waals surface area contributed by atoms with Gasteiger partial charge in [0.15, 0.2) is 11.5 Å². The van der Waals surface area contributed by atoms with Crippen LogP contribution in [0.2, 0.25) is 0 Å². The first-order valence-corrected chi connectivity index (χ1v) is 9.87. The quantitative estimate of drug-likeness (QED) is 0.679. The van der Waals surface area contributed by atoms with Crippen LogP contribution >= 0.6 is 0 Å². The third-order valence-corrected chi connectivity index (χ3v) is 5.43. The Morgan fingerprint density at radius 2 is 2.03 bits per heavy atom. The number of hydrogen-bond acceptors (Lipinski definition) is 6. The second kappa shape index (κ2) is 7.32. The molecule has 3 heterocycles. The number of nitrogens with one attached hydrogen (secondary N) is 1. The number of nitrogens with zero attached hydrogens (tertiary/aromatic N) is 2. The average Bonchev–Trinajstić information content (AvgIpc) is 3.40. The number of fused-ring (bicyclic) bond motifs is 2. The van der Waals surface area contributed by atoms with Gasteiger partial charge in [-0.05, 0) is 35.8 Å². The minimum atomic E-state index is -0.698. The molecule has 5 rings (SSSR count). The lowest BCUT2D eigenvalue weighted by Crippen LogP contribution is -2.31. The van der Waals surface area contributed by atoms with Crippen molar-refractivity contribution in [2.75, 3.05) is 6.79 Å². The fourth-order valence-corrected chi connectivity index (χ4v) is 3.81. The average molecular weight is 417 g/mol. The molecule has 0 atom stereocenters. The van der Waals surface area contributed by atoms with Crippen molar-refractivity contribution in [2.24, 2.45) is 4.99 Å². The summed E-state index contributed by atoms with van der Waals surface area (Å²) < 4.78 is 11.8. The summed E-state index contributed by atoms with van der Waals surface area (Å²) >= 11 is 0. The lowest BCUT2D eigenvalue weighted by molar-refractivity contribution is 0.174. The van der Waals surface area contributed by atoms with Crippen molar-refractivity contribution < 1.29 is 14.6 Å². The summed E-state index contributed by atoms with van der Waals surface area (Å²) in [6.07, 6.45) is 4.05. The largest absolute Gasteiger partial charge is 0.494 e. The Morgan fingerprint density at radius 1 is 1.19 bits per heavy atom. The molecule has 0 aliphatic carbocycles. The Hall–Kier alpha value is -4.07. The lowest BCUT2D eigenvalue weighted by atomic mass is 10.0. The molecule has 2 aromatic carbocycles. The van der Waals surface area contributed by atoms with Gasteiger partial charge in [0.2, 0.25) is 12.7 Å². The van der Waals surface area contributed by atoms with Crippen LogP contribution in [0.3, 0.4) is 0 Å². The van der Waals surface area contributed by atoms with Crippen molar-refractivity contribution in [1.82, 2.24) is 9.55 Å². The van der Waals surface area contributed by atoms with E-state index in [1.807, 2.05) is 18.2 Å². The Morgan fingerprint density at radius 3 is 2.87 bits per heavy atom. The molecule has 0 saturated heterocycles. The van der Waals surface area contributed by atoms with Crippen molar-refractivity contribution in [1.29, 1.82) is 0 Å². The summed E-state index contributed by atoms with van der Waals surface area (Å²) in [5.74, 6) is 0.785. The lowest BCUT2D eigenvalue weighted by Gasteiger charge is -2.11. The third-order valence-electron chi connectivity index (χ3n) is 5.43. The highest BCUT2D eigenvalue weighted by molar-refractivity contribution is 6.21. The molecule has 2 N–H and O–H groups in total. The van der Waals surface area contributed by atoms with E-state index in [0.29, 0.717) is 22.6 Å². The van der Waals surface area contributed by atoms with Gasteiger partial charge < -0.3 is 14.6 Å². The molecule has 0 unspecified atom stereocenters. The van der Waals surface area contributed by atoms with Gasteiger partial charge in [-0.3, -0.25) is 19.3 Å². The van der Waals surface area contributed by atoms with Crippen molar-refractivity contribution in [3.63, 3.8) is 0 Å². The molecule has 3 aromatic rings. The van der Waals surface area contributed by atoms with E-state index in [4.69, 9.17) is 9.47 Å². The molecule has 31 heavy (non-hydrogen) atoms. The van der Waals surface area contributed by atoms with E-state index < -0.39 is 17.1 Å². The maximum Gasteiger partial charge on any atom is 0.331 e.